The summed E-state index contributed by atoms with van der Waals surface area (Å²) in [6, 6.07) is 11.9. The van der Waals surface area contributed by atoms with Crippen LogP contribution in [0.1, 0.15) is 17.0 Å². The molecule has 2 aromatic heterocycles. The maximum Gasteiger partial charge on any atom is 0.291 e. The summed E-state index contributed by atoms with van der Waals surface area (Å²) in [5.74, 6) is 1.22. The SMILES string of the molecule is CN(C)c1nc(C(=O)NC2CCN(c3nccc(-c4ccccc4)n3)C2)nn1C. The van der Waals surface area contributed by atoms with Gasteiger partial charge in [-0.1, -0.05) is 30.3 Å². The van der Waals surface area contributed by atoms with Gasteiger partial charge in [-0.05, 0) is 12.5 Å². The number of carbonyl (C=O) groups is 1. The lowest BCUT2D eigenvalue weighted by atomic mass is 10.1. The number of nitrogens with one attached hydrogen (secondary N) is 1. The van der Waals surface area contributed by atoms with Gasteiger partial charge in [0.25, 0.3) is 5.91 Å². The molecule has 150 valence electrons. The van der Waals surface area contributed by atoms with Crippen molar-refractivity contribution in [3.05, 3.63) is 48.4 Å². The van der Waals surface area contributed by atoms with Crippen LogP contribution < -0.4 is 15.1 Å². The molecule has 0 radical (unpaired) electrons. The van der Waals surface area contributed by atoms with Gasteiger partial charge in [0, 0.05) is 52.0 Å². The van der Waals surface area contributed by atoms with Crippen LogP contribution in [0, 0.1) is 0 Å². The second kappa shape index (κ2) is 7.86. The second-order valence-corrected chi connectivity index (χ2v) is 7.27. The van der Waals surface area contributed by atoms with Gasteiger partial charge >= 0.3 is 0 Å². The minimum absolute atomic E-state index is 0.00177. The Bertz CT molecular complexity index is 1000. The van der Waals surface area contributed by atoms with Crippen molar-refractivity contribution in [2.24, 2.45) is 7.05 Å². The van der Waals surface area contributed by atoms with Gasteiger partial charge in [0.15, 0.2) is 0 Å². The number of rotatable bonds is 5. The Labute approximate surface area is 169 Å². The highest BCUT2D eigenvalue weighted by Gasteiger charge is 2.27. The van der Waals surface area contributed by atoms with Gasteiger partial charge in [0.2, 0.25) is 17.7 Å². The number of anilines is 2. The summed E-state index contributed by atoms with van der Waals surface area (Å²) < 4.78 is 1.60. The topological polar surface area (TPSA) is 92.1 Å². The van der Waals surface area contributed by atoms with Crippen LogP contribution in [0.3, 0.4) is 0 Å². The molecule has 0 spiro atoms. The van der Waals surface area contributed by atoms with Crippen LogP contribution in [0.15, 0.2) is 42.6 Å². The molecule has 1 saturated heterocycles. The molecule has 3 aromatic rings. The van der Waals surface area contributed by atoms with Gasteiger partial charge in [-0.15, -0.1) is 5.10 Å². The summed E-state index contributed by atoms with van der Waals surface area (Å²) in [5.41, 5.74) is 1.94. The maximum atomic E-state index is 12.6. The highest BCUT2D eigenvalue weighted by atomic mass is 16.2. The van der Waals surface area contributed by atoms with Crippen molar-refractivity contribution in [2.75, 3.05) is 37.0 Å². The summed E-state index contributed by atoms with van der Waals surface area (Å²) in [5, 5.41) is 7.24. The first-order valence-corrected chi connectivity index (χ1v) is 9.54. The van der Waals surface area contributed by atoms with Crippen molar-refractivity contribution in [3.8, 4) is 11.3 Å². The van der Waals surface area contributed by atoms with Crippen LogP contribution in [-0.2, 0) is 7.05 Å². The average molecular weight is 392 g/mol. The number of hydrogen-bond donors (Lipinski definition) is 1. The Morgan fingerprint density at radius 2 is 1.97 bits per heavy atom. The van der Waals surface area contributed by atoms with Crippen molar-refractivity contribution in [3.63, 3.8) is 0 Å². The third-order valence-corrected chi connectivity index (χ3v) is 4.86. The number of carbonyl (C=O) groups excluding carboxylic acids is 1. The Morgan fingerprint density at radius 3 is 2.69 bits per heavy atom. The standard InChI is InChI=1S/C20H24N8O/c1-26(2)20-24-17(25-27(20)3)18(29)22-15-10-12-28(13-15)19-21-11-9-16(23-19)14-7-5-4-6-8-14/h4-9,11,15H,10,12-13H2,1-3H3,(H,22,29). The molecule has 4 rings (SSSR count). The monoisotopic (exact) mass is 392 g/mol. The number of amides is 1. The fourth-order valence-corrected chi connectivity index (χ4v) is 3.44. The van der Waals surface area contributed by atoms with E-state index in [0.29, 0.717) is 18.4 Å². The third kappa shape index (κ3) is 4.03. The van der Waals surface area contributed by atoms with E-state index >= 15 is 0 Å². The normalized spacial score (nSPS) is 16.1. The molecule has 29 heavy (non-hydrogen) atoms. The van der Waals surface area contributed by atoms with Crippen molar-refractivity contribution < 1.29 is 4.79 Å². The molecule has 1 aliphatic heterocycles. The zero-order valence-corrected chi connectivity index (χ0v) is 16.8. The lowest BCUT2D eigenvalue weighted by molar-refractivity contribution is 0.0929. The Kier molecular flexibility index (Phi) is 5.11. The van der Waals surface area contributed by atoms with Gasteiger partial charge in [-0.25, -0.2) is 14.6 Å². The molecular formula is C20H24N8O. The van der Waals surface area contributed by atoms with Crippen LogP contribution in [-0.4, -0.2) is 63.9 Å². The molecule has 1 unspecified atom stereocenters. The number of nitrogens with zero attached hydrogens (tertiary/aromatic N) is 7. The lowest BCUT2D eigenvalue weighted by Gasteiger charge is -2.17. The van der Waals surface area contributed by atoms with Crippen LogP contribution in [0.25, 0.3) is 11.3 Å². The predicted molar refractivity (Wildman–Crippen MR) is 111 cm³/mol. The van der Waals surface area contributed by atoms with E-state index in [4.69, 9.17) is 4.98 Å². The summed E-state index contributed by atoms with van der Waals surface area (Å²) in [6.07, 6.45) is 2.59. The molecule has 3 heterocycles. The first kappa shape index (κ1) is 18.9. The van der Waals surface area contributed by atoms with Crippen molar-refractivity contribution in [1.82, 2.24) is 30.0 Å². The zero-order valence-electron chi connectivity index (χ0n) is 16.8. The fourth-order valence-electron chi connectivity index (χ4n) is 3.44. The molecule has 1 atom stereocenters. The molecule has 9 nitrogen and oxygen atoms in total. The quantitative estimate of drug-likeness (QED) is 0.701. The highest BCUT2D eigenvalue weighted by molar-refractivity contribution is 5.91. The summed E-state index contributed by atoms with van der Waals surface area (Å²) in [4.78, 5) is 29.9. The summed E-state index contributed by atoms with van der Waals surface area (Å²) in [7, 11) is 5.50. The zero-order chi connectivity index (χ0) is 20.4. The number of aromatic nitrogens is 5. The number of hydrogen-bond acceptors (Lipinski definition) is 7. The van der Waals surface area contributed by atoms with Crippen LogP contribution in [0.4, 0.5) is 11.9 Å². The Morgan fingerprint density at radius 1 is 1.17 bits per heavy atom. The van der Waals surface area contributed by atoms with Gasteiger partial charge in [0.1, 0.15) is 0 Å². The fraction of sp³-hybridized carbons (Fsp3) is 0.350. The second-order valence-electron chi connectivity index (χ2n) is 7.27. The van der Waals surface area contributed by atoms with Gasteiger partial charge in [-0.3, -0.25) is 4.79 Å². The lowest BCUT2D eigenvalue weighted by Crippen LogP contribution is -2.38. The van der Waals surface area contributed by atoms with Gasteiger partial charge in [0.05, 0.1) is 5.69 Å². The molecule has 1 aromatic carbocycles. The first-order valence-electron chi connectivity index (χ1n) is 9.54. The van der Waals surface area contributed by atoms with Crippen molar-refractivity contribution in [2.45, 2.75) is 12.5 Å². The van der Waals surface area contributed by atoms with E-state index < -0.39 is 0 Å². The Hall–Kier alpha value is -3.49. The van der Waals surface area contributed by atoms with Gasteiger partial charge < -0.3 is 15.1 Å². The minimum Gasteiger partial charge on any atom is -0.347 e. The van der Waals surface area contributed by atoms with E-state index in [0.717, 1.165) is 24.2 Å². The molecule has 1 amide bonds. The molecule has 0 aliphatic carbocycles. The van der Waals surface area contributed by atoms with Crippen LogP contribution in [0.2, 0.25) is 0 Å². The van der Waals surface area contributed by atoms with Gasteiger partial charge in [-0.2, -0.15) is 4.98 Å². The number of benzene rings is 1. The largest absolute Gasteiger partial charge is 0.347 e. The van der Waals surface area contributed by atoms with E-state index in [2.05, 4.69) is 25.3 Å². The summed E-state index contributed by atoms with van der Waals surface area (Å²) in [6.45, 7) is 1.43. The first-order chi connectivity index (χ1) is 14.0. The van der Waals surface area contributed by atoms with E-state index in [1.54, 1.807) is 17.9 Å². The molecule has 1 N–H and O–H groups in total. The molecular weight excluding hydrogens is 368 g/mol. The smallest absolute Gasteiger partial charge is 0.291 e. The van der Waals surface area contributed by atoms with E-state index in [1.165, 1.54) is 0 Å². The third-order valence-electron chi connectivity index (χ3n) is 4.86. The highest BCUT2D eigenvalue weighted by Crippen LogP contribution is 2.21. The van der Waals surface area contributed by atoms with Crippen LogP contribution >= 0.6 is 0 Å². The minimum atomic E-state index is -0.264. The van der Waals surface area contributed by atoms with E-state index in [-0.39, 0.29) is 17.8 Å². The van der Waals surface area contributed by atoms with E-state index in [1.807, 2.05) is 55.4 Å². The molecule has 1 fully saturated rings. The van der Waals surface area contributed by atoms with Crippen molar-refractivity contribution >= 4 is 17.8 Å². The predicted octanol–water partition coefficient (Wildman–Crippen LogP) is 1.35. The van der Waals surface area contributed by atoms with Crippen molar-refractivity contribution in [1.29, 1.82) is 0 Å². The molecule has 1 aliphatic rings. The molecule has 0 bridgehead atoms. The maximum absolute atomic E-state index is 12.6. The summed E-state index contributed by atoms with van der Waals surface area (Å²) >= 11 is 0. The van der Waals surface area contributed by atoms with Crippen LogP contribution in [0.5, 0.6) is 0 Å². The number of aryl methyl sites for hydroxylation is 1. The van der Waals surface area contributed by atoms with E-state index in [9.17, 15) is 4.79 Å². The molecule has 9 heteroatoms. The molecule has 0 saturated carbocycles. The average Bonchev–Trinajstić information content (AvgIpc) is 3.35. The Balaban J connectivity index is 1.42.